The third-order valence-electron chi connectivity index (χ3n) is 3.63. The average molecular weight is 521 g/mol. The molecule has 1 aromatic rings. The third kappa shape index (κ3) is 15.8. The molecule has 0 amide bonds. The van der Waals surface area contributed by atoms with Crippen LogP contribution in [0.15, 0.2) is 29.2 Å². The Hall–Kier alpha value is 0.799. The molecule has 0 radical (unpaired) electrons. The van der Waals surface area contributed by atoms with Gasteiger partial charge < -0.3 is 42.8 Å². The van der Waals surface area contributed by atoms with E-state index >= 15 is 0 Å². The molecule has 1 aromatic carbocycles. The van der Waals surface area contributed by atoms with E-state index in [-0.39, 0.29) is 0 Å². The molecule has 0 aromatic heterocycles. The van der Waals surface area contributed by atoms with E-state index in [1.165, 1.54) is 0 Å². The van der Waals surface area contributed by atoms with Crippen LogP contribution in [0.3, 0.4) is 0 Å². The molecule has 0 heterocycles. The average Bonchev–Trinajstić information content (AvgIpc) is 2.60. The second kappa shape index (κ2) is 19.1. The van der Waals surface area contributed by atoms with E-state index in [1.807, 2.05) is 0 Å². The first-order valence-corrected chi connectivity index (χ1v) is 11.2. The van der Waals surface area contributed by atoms with E-state index < -0.39 is 0 Å². The van der Waals surface area contributed by atoms with E-state index in [4.69, 9.17) is 53.0 Å². The number of hydrogen-bond acceptors (Lipinski definition) is 6. The van der Waals surface area contributed by atoms with E-state index in [9.17, 15) is 0 Å². The van der Waals surface area contributed by atoms with Crippen molar-refractivity contribution in [3.63, 3.8) is 0 Å². The van der Waals surface area contributed by atoms with Gasteiger partial charge in [-0.3, -0.25) is 4.90 Å². The smallest absolute Gasteiger partial charge is 0.0404 e. The zero-order chi connectivity index (χ0) is 20.5. The summed E-state index contributed by atoms with van der Waals surface area (Å²) < 4.78 is 8.22. The second-order valence-corrected chi connectivity index (χ2v) is 7.85. The summed E-state index contributed by atoms with van der Waals surface area (Å²) in [4.78, 5) is 5.73. The quantitative estimate of drug-likeness (QED) is 0.461. The minimum atomic E-state index is 0.605. The van der Waals surface area contributed by atoms with Crippen LogP contribution >= 0.6 is 11.6 Å². The third-order valence-corrected chi connectivity index (χ3v) is 4.52. The predicted molar refractivity (Wildman–Crippen MR) is 116 cm³/mol. The van der Waals surface area contributed by atoms with Gasteiger partial charge in [0, 0.05) is 30.2 Å². The van der Waals surface area contributed by atoms with Crippen molar-refractivity contribution in [3.8, 4) is 0 Å². The van der Waals surface area contributed by atoms with Crippen molar-refractivity contribution in [1.29, 1.82) is 0 Å². The normalized spacial score (nSPS) is 10.5. The molecule has 0 aliphatic rings. The van der Waals surface area contributed by atoms with Crippen LogP contribution in [-0.4, -0.2) is 59.6 Å². The topological polar surface area (TPSA) is 23.6 Å². The van der Waals surface area contributed by atoms with Gasteiger partial charge in [0.1, 0.15) is 0 Å². The fraction of sp³-hybridized carbons (Fsp3) is 0.667. The van der Waals surface area contributed by atoms with Gasteiger partial charge in [0.05, 0.1) is 0 Å². The molecule has 3 nitrogen and oxygen atoms in total. The van der Waals surface area contributed by atoms with Gasteiger partial charge in [0.25, 0.3) is 0 Å². The van der Waals surface area contributed by atoms with Crippen molar-refractivity contribution in [1.82, 2.24) is 9.80 Å². The maximum Gasteiger partial charge on any atom is 0.0404 e. The Labute approximate surface area is 192 Å². The van der Waals surface area contributed by atoms with Crippen molar-refractivity contribution in [2.75, 3.05) is 37.7 Å². The SMILES string of the molecule is CC(C)N(CCN(CC[S-])CC[S-])C(C)C.[O]=[99Tc+3].[S-]c1ccc(Cl)cc1. The molecule has 0 bridgehead atoms. The summed E-state index contributed by atoms with van der Waals surface area (Å²) in [5.74, 6) is 1.61. The fourth-order valence-electron chi connectivity index (χ4n) is 2.40. The molecule has 150 valence electrons. The van der Waals surface area contributed by atoms with Gasteiger partial charge in [-0.1, -0.05) is 23.7 Å². The Kier molecular flexibility index (Phi) is 21.3. The van der Waals surface area contributed by atoms with E-state index in [1.54, 1.807) is 24.3 Å². The molecule has 0 atom stereocenters. The first kappa shape index (κ1) is 29.0. The van der Waals surface area contributed by atoms with Crippen LogP contribution in [-0.2, 0) is 60.2 Å². The minimum absolute atomic E-state index is 0.605. The van der Waals surface area contributed by atoms with Crippen LogP contribution in [0, 0.1) is 0 Å². The molecular formula is C18H30ClN2OS3Tc. The van der Waals surface area contributed by atoms with Gasteiger partial charge in [0.2, 0.25) is 0 Å². The molecule has 0 saturated carbocycles. The summed E-state index contributed by atoms with van der Waals surface area (Å²) in [7, 11) is 0. The van der Waals surface area contributed by atoms with Crippen LogP contribution in [0.5, 0.6) is 0 Å². The fourth-order valence-corrected chi connectivity index (χ4v) is 3.18. The van der Waals surface area contributed by atoms with Crippen LogP contribution in [0.4, 0.5) is 0 Å². The van der Waals surface area contributed by atoms with Crippen molar-refractivity contribution in [2.45, 2.75) is 44.7 Å². The maximum atomic E-state index is 8.22. The molecule has 0 unspecified atom stereocenters. The number of nitrogens with zero attached hydrogens (tertiary/aromatic N) is 2. The van der Waals surface area contributed by atoms with Gasteiger partial charge in [-0.05, 0) is 52.9 Å². The molecule has 0 saturated heterocycles. The summed E-state index contributed by atoms with van der Waals surface area (Å²) in [5.41, 5.74) is 0. The predicted octanol–water partition coefficient (Wildman–Crippen LogP) is 3.63. The van der Waals surface area contributed by atoms with Gasteiger partial charge >= 0.3 is 22.4 Å². The van der Waals surface area contributed by atoms with E-state index in [0.29, 0.717) is 12.1 Å². The first-order chi connectivity index (χ1) is 12.3. The summed E-state index contributed by atoms with van der Waals surface area (Å²) in [5, 5.41) is 0.735. The molecular weight excluding hydrogens is 491 g/mol. The largest absolute Gasteiger partial charge is 0.780 e. The Bertz CT molecular complexity index is 404. The maximum absolute atomic E-state index is 8.22. The Morgan fingerprint density at radius 3 is 1.62 bits per heavy atom. The Morgan fingerprint density at radius 2 is 1.31 bits per heavy atom. The van der Waals surface area contributed by atoms with Crippen LogP contribution in [0.25, 0.3) is 0 Å². The first-order valence-electron chi connectivity index (χ1n) is 8.54. The monoisotopic (exact) mass is 520 g/mol. The van der Waals surface area contributed by atoms with Gasteiger partial charge in [-0.25, -0.2) is 0 Å². The van der Waals surface area contributed by atoms with Crippen LogP contribution < -0.4 is 0 Å². The second-order valence-electron chi connectivity index (χ2n) is 6.13. The van der Waals surface area contributed by atoms with Crippen molar-refractivity contribution >= 4 is 49.5 Å². The van der Waals surface area contributed by atoms with Crippen molar-refractivity contribution < 1.29 is 22.4 Å². The molecule has 0 N–H and O–H groups in total. The van der Waals surface area contributed by atoms with E-state index in [2.05, 4.69) is 37.5 Å². The molecule has 0 aliphatic carbocycles. The molecule has 26 heavy (non-hydrogen) atoms. The molecule has 8 heteroatoms. The number of halogens is 1. The minimum Gasteiger partial charge on any atom is -0.780 e. The van der Waals surface area contributed by atoms with Crippen LogP contribution in [0.2, 0.25) is 5.02 Å². The van der Waals surface area contributed by atoms with Crippen molar-refractivity contribution in [2.24, 2.45) is 0 Å². The van der Waals surface area contributed by atoms with Gasteiger partial charge in [0.15, 0.2) is 0 Å². The van der Waals surface area contributed by atoms with E-state index in [0.717, 1.165) is 66.5 Å². The Morgan fingerprint density at radius 1 is 0.885 bits per heavy atom. The molecule has 1 rings (SSSR count). The zero-order valence-electron chi connectivity index (χ0n) is 16.0. The zero-order valence-corrected chi connectivity index (χ0v) is 21.1. The molecule has 0 aliphatic heterocycles. The van der Waals surface area contributed by atoms with Gasteiger partial charge in [-0.2, -0.15) is 16.4 Å². The summed E-state index contributed by atoms with van der Waals surface area (Å²) in [6.07, 6.45) is 0. The molecule has 0 fully saturated rings. The Balaban J connectivity index is 0. The number of rotatable bonds is 9. The van der Waals surface area contributed by atoms with Crippen molar-refractivity contribution in [3.05, 3.63) is 29.3 Å². The number of hydrogen-bond donors (Lipinski definition) is 0. The van der Waals surface area contributed by atoms with Crippen LogP contribution in [0.1, 0.15) is 27.7 Å². The summed E-state index contributed by atoms with van der Waals surface area (Å²) in [6, 6.07) is 8.38. The number of benzene rings is 1. The standard InChI is InChI=1S/C12H28N2S2.C6H5ClS.O.Tc/c1-11(2)14(12(3)4)6-5-13(7-9-15)8-10-16;7-5-1-3-6(8)4-2-5;;/h11-12,15-16H,5-10H2,1-4H3;1-4,8H;;/q;;;+3/p-3/i;;;1+1. The van der Waals surface area contributed by atoms with Gasteiger partial charge in [-0.15, -0.1) is 0 Å². The summed E-state index contributed by atoms with van der Waals surface area (Å²) >= 11 is 21.4. The summed E-state index contributed by atoms with van der Waals surface area (Å²) in [6.45, 7) is 13.2. The molecule has 0 spiro atoms.